The van der Waals surface area contributed by atoms with E-state index in [1.54, 1.807) is 6.26 Å². The van der Waals surface area contributed by atoms with Crippen molar-refractivity contribution in [1.29, 1.82) is 0 Å². The number of hydrogen-bond donors (Lipinski definition) is 1. The number of furan rings is 1. The van der Waals surface area contributed by atoms with Crippen molar-refractivity contribution in [2.75, 3.05) is 27.2 Å². The van der Waals surface area contributed by atoms with Gasteiger partial charge in [0.05, 0.1) is 6.26 Å². The molecule has 0 saturated carbocycles. The van der Waals surface area contributed by atoms with Gasteiger partial charge in [0.1, 0.15) is 5.76 Å². The highest BCUT2D eigenvalue weighted by molar-refractivity contribution is 4.98. The van der Waals surface area contributed by atoms with Gasteiger partial charge in [-0.1, -0.05) is 0 Å². The molecule has 1 atom stereocenters. The summed E-state index contributed by atoms with van der Waals surface area (Å²) < 4.78 is 5.31. The Kier molecular flexibility index (Phi) is 6.19. The van der Waals surface area contributed by atoms with E-state index in [1.165, 1.54) is 6.42 Å². The maximum atomic E-state index is 5.31. The molecule has 1 aromatic heterocycles. The summed E-state index contributed by atoms with van der Waals surface area (Å²) in [7, 11) is 4.22. The molecule has 1 heterocycles. The lowest BCUT2D eigenvalue weighted by Gasteiger charge is -2.14. The Morgan fingerprint density at radius 1 is 1.44 bits per heavy atom. The molecule has 0 bridgehead atoms. The zero-order valence-electron chi connectivity index (χ0n) is 10.7. The van der Waals surface area contributed by atoms with E-state index in [-0.39, 0.29) is 0 Å². The highest BCUT2D eigenvalue weighted by Crippen LogP contribution is 2.05. The fourth-order valence-corrected chi connectivity index (χ4v) is 1.66. The van der Waals surface area contributed by atoms with Gasteiger partial charge in [0, 0.05) is 12.5 Å². The maximum absolute atomic E-state index is 5.31. The van der Waals surface area contributed by atoms with Gasteiger partial charge in [0.15, 0.2) is 0 Å². The van der Waals surface area contributed by atoms with Gasteiger partial charge in [-0.15, -0.1) is 0 Å². The van der Waals surface area contributed by atoms with Gasteiger partial charge < -0.3 is 14.6 Å². The first-order valence-electron chi connectivity index (χ1n) is 6.09. The Bertz CT molecular complexity index is 257. The Morgan fingerprint density at radius 2 is 2.25 bits per heavy atom. The van der Waals surface area contributed by atoms with Crippen LogP contribution in [0.25, 0.3) is 0 Å². The van der Waals surface area contributed by atoms with Crippen molar-refractivity contribution in [1.82, 2.24) is 10.2 Å². The third-order valence-electron chi connectivity index (χ3n) is 2.68. The molecule has 1 rings (SSSR count). The summed E-state index contributed by atoms with van der Waals surface area (Å²) in [4.78, 5) is 2.22. The van der Waals surface area contributed by atoms with Crippen LogP contribution in [0.15, 0.2) is 22.8 Å². The van der Waals surface area contributed by atoms with Crippen LogP contribution in [0.4, 0.5) is 0 Å². The number of rotatable bonds is 8. The molecule has 0 aliphatic rings. The highest BCUT2D eigenvalue weighted by Gasteiger charge is 2.03. The van der Waals surface area contributed by atoms with Crippen LogP contribution in [0.5, 0.6) is 0 Å². The number of nitrogens with zero attached hydrogens (tertiary/aromatic N) is 1. The molecule has 1 unspecified atom stereocenters. The van der Waals surface area contributed by atoms with Gasteiger partial charge in [0.2, 0.25) is 0 Å². The minimum Gasteiger partial charge on any atom is -0.469 e. The number of hydrogen-bond acceptors (Lipinski definition) is 3. The first kappa shape index (κ1) is 13.3. The van der Waals surface area contributed by atoms with Crippen LogP contribution in [0.2, 0.25) is 0 Å². The fourth-order valence-electron chi connectivity index (χ4n) is 1.66. The normalized spacial score (nSPS) is 13.2. The Balaban J connectivity index is 2.00. The van der Waals surface area contributed by atoms with Gasteiger partial charge in [-0.25, -0.2) is 0 Å². The summed E-state index contributed by atoms with van der Waals surface area (Å²) in [5.74, 6) is 1.09. The lowest BCUT2D eigenvalue weighted by Crippen LogP contribution is -2.29. The lowest BCUT2D eigenvalue weighted by atomic mass is 10.1. The van der Waals surface area contributed by atoms with Crippen molar-refractivity contribution in [3.63, 3.8) is 0 Å². The molecule has 0 saturated heterocycles. The van der Waals surface area contributed by atoms with E-state index in [0.29, 0.717) is 6.04 Å². The van der Waals surface area contributed by atoms with Gasteiger partial charge in [-0.05, 0) is 59.1 Å². The van der Waals surface area contributed by atoms with Crippen LogP contribution in [0.1, 0.15) is 25.5 Å². The van der Waals surface area contributed by atoms with E-state index < -0.39 is 0 Å². The van der Waals surface area contributed by atoms with Crippen LogP contribution in [0, 0.1) is 0 Å². The summed E-state index contributed by atoms with van der Waals surface area (Å²) in [6.45, 7) is 4.48. The van der Waals surface area contributed by atoms with E-state index in [4.69, 9.17) is 4.42 Å². The summed E-state index contributed by atoms with van der Waals surface area (Å²) in [6, 6.07) is 4.55. The van der Waals surface area contributed by atoms with Crippen LogP contribution < -0.4 is 5.32 Å². The van der Waals surface area contributed by atoms with E-state index in [9.17, 15) is 0 Å². The van der Waals surface area contributed by atoms with E-state index in [2.05, 4.69) is 31.2 Å². The zero-order chi connectivity index (χ0) is 11.8. The maximum Gasteiger partial charge on any atom is 0.103 e. The summed E-state index contributed by atoms with van der Waals surface area (Å²) in [5, 5.41) is 3.53. The van der Waals surface area contributed by atoms with Crippen molar-refractivity contribution in [2.45, 2.75) is 32.2 Å². The molecular weight excluding hydrogens is 200 g/mol. The van der Waals surface area contributed by atoms with E-state index in [1.807, 2.05) is 12.1 Å². The molecule has 0 fully saturated rings. The first-order chi connectivity index (χ1) is 7.68. The minimum absolute atomic E-state index is 0.562. The van der Waals surface area contributed by atoms with E-state index in [0.717, 1.165) is 31.7 Å². The quantitative estimate of drug-likeness (QED) is 0.686. The highest BCUT2D eigenvalue weighted by atomic mass is 16.3. The van der Waals surface area contributed by atoms with Crippen LogP contribution in [-0.4, -0.2) is 38.1 Å². The Hall–Kier alpha value is -0.800. The van der Waals surface area contributed by atoms with Gasteiger partial charge >= 0.3 is 0 Å². The molecule has 0 radical (unpaired) electrons. The monoisotopic (exact) mass is 224 g/mol. The second kappa shape index (κ2) is 7.47. The average molecular weight is 224 g/mol. The lowest BCUT2D eigenvalue weighted by molar-refractivity contribution is 0.383. The first-order valence-corrected chi connectivity index (χ1v) is 6.09. The smallest absolute Gasteiger partial charge is 0.103 e. The summed E-state index contributed by atoms with van der Waals surface area (Å²) >= 11 is 0. The molecule has 0 spiro atoms. The van der Waals surface area contributed by atoms with Crippen molar-refractivity contribution in [3.05, 3.63) is 24.2 Å². The molecule has 3 heteroatoms. The van der Waals surface area contributed by atoms with Crippen LogP contribution >= 0.6 is 0 Å². The predicted molar refractivity (Wildman–Crippen MR) is 67.7 cm³/mol. The minimum atomic E-state index is 0.562. The van der Waals surface area contributed by atoms with Gasteiger partial charge in [-0.2, -0.15) is 0 Å². The molecular formula is C13H24N2O. The molecule has 0 aliphatic heterocycles. The van der Waals surface area contributed by atoms with Crippen molar-refractivity contribution in [2.24, 2.45) is 0 Å². The van der Waals surface area contributed by atoms with Crippen molar-refractivity contribution >= 4 is 0 Å². The van der Waals surface area contributed by atoms with Crippen LogP contribution in [-0.2, 0) is 6.42 Å². The topological polar surface area (TPSA) is 28.4 Å². The summed E-state index contributed by atoms with van der Waals surface area (Å²) in [6.07, 6.45) is 5.10. The molecule has 1 aromatic rings. The second-order valence-electron chi connectivity index (χ2n) is 4.63. The zero-order valence-corrected chi connectivity index (χ0v) is 10.7. The number of nitrogens with one attached hydrogen (secondary N) is 1. The SMILES string of the molecule is CC(CCc1ccco1)NCCCN(C)C. The van der Waals surface area contributed by atoms with Gasteiger partial charge in [0.25, 0.3) is 0 Å². The van der Waals surface area contributed by atoms with Crippen LogP contribution in [0.3, 0.4) is 0 Å². The van der Waals surface area contributed by atoms with Crippen molar-refractivity contribution in [3.8, 4) is 0 Å². The molecule has 92 valence electrons. The predicted octanol–water partition coefficient (Wildman–Crippen LogP) is 2.14. The molecule has 0 amide bonds. The molecule has 1 N–H and O–H groups in total. The Morgan fingerprint density at radius 3 is 2.88 bits per heavy atom. The largest absolute Gasteiger partial charge is 0.469 e. The summed E-state index contributed by atoms with van der Waals surface area (Å²) in [5.41, 5.74) is 0. The molecule has 16 heavy (non-hydrogen) atoms. The van der Waals surface area contributed by atoms with Crippen molar-refractivity contribution < 1.29 is 4.42 Å². The number of aryl methyl sites for hydroxylation is 1. The van der Waals surface area contributed by atoms with E-state index >= 15 is 0 Å². The Labute approximate surface area is 98.8 Å². The third-order valence-corrected chi connectivity index (χ3v) is 2.68. The standard InChI is InChI=1S/C13H24N2O/c1-12(14-9-5-10-15(2)3)7-8-13-6-4-11-16-13/h4,6,11-12,14H,5,7-10H2,1-3H3. The molecule has 0 aliphatic carbocycles. The molecule has 0 aromatic carbocycles. The van der Waals surface area contributed by atoms with Gasteiger partial charge in [-0.3, -0.25) is 0 Å². The second-order valence-corrected chi connectivity index (χ2v) is 4.63. The molecule has 3 nitrogen and oxygen atoms in total. The third kappa shape index (κ3) is 5.93. The fraction of sp³-hybridized carbons (Fsp3) is 0.692. The average Bonchev–Trinajstić information content (AvgIpc) is 2.74.